The van der Waals surface area contributed by atoms with Gasteiger partial charge in [-0.05, 0) is 29.9 Å². The Morgan fingerprint density at radius 3 is 2.44 bits per heavy atom. The molecule has 0 bridgehead atoms. The smallest absolute Gasteiger partial charge is 0.305 e. The second-order valence-corrected chi connectivity index (χ2v) is 4.82. The van der Waals surface area contributed by atoms with E-state index in [1.54, 1.807) is 0 Å². The molecule has 0 saturated carbocycles. The van der Waals surface area contributed by atoms with Crippen LogP contribution >= 0.6 is 0 Å². The fourth-order valence-corrected chi connectivity index (χ4v) is 2.02. The minimum atomic E-state index is -0.170. The number of rotatable bonds is 6. The normalized spacial score (nSPS) is 14.0. The average molecular weight is 249 g/mol. The summed E-state index contributed by atoms with van der Waals surface area (Å²) in [6, 6.07) is 8.36. The molecule has 3 heteroatoms. The zero-order chi connectivity index (χ0) is 13.5. The third kappa shape index (κ3) is 4.49. The van der Waals surface area contributed by atoms with Crippen LogP contribution in [0, 0.1) is 5.92 Å². The molecule has 0 aliphatic heterocycles. The summed E-state index contributed by atoms with van der Waals surface area (Å²) in [5.74, 6) is 0.0642. The van der Waals surface area contributed by atoms with E-state index in [2.05, 4.69) is 35.9 Å². The Labute approximate surface area is 109 Å². The average Bonchev–Trinajstić information content (AvgIpc) is 2.38. The van der Waals surface area contributed by atoms with E-state index in [1.165, 1.54) is 12.7 Å². The van der Waals surface area contributed by atoms with Gasteiger partial charge in [-0.3, -0.25) is 4.79 Å². The number of ether oxygens (including phenoxy) is 1. The summed E-state index contributed by atoms with van der Waals surface area (Å²) in [5, 5.41) is 0. The molecular formula is C15H23NO2. The van der Waals surface area contributed by atoms with Crippen molar-refractivity contribution in [3.8, 4) is 0 Å². The highest BCUT2D eigenvalue weighted by Crippen LogP contribution is 2.21. The monoisotopic (exact) mass is 249 g/mol. The van der Waals surface area contributed by atoms with Crippen LogP contribution in [0.4, 0.5) is 0 Å². The fraction of sp³-hybridized carbons (Fsp3) is 0.533. The molecule has 18 heavy (non-hydrogen) atoms. The predicted molar refractivity (Wildman–Crippen MR) is 73.2 cm³/mol. The molecule has 0 aliphatic rings. The Kier molecular flexibility index (Phi) is 5.86. The van der Waals surface area contributed by atoms with E-state index < -0.39 is 0 Å². The van der Waals surface area contributed by atoms with E-state index in [9.17, 15) is 4.79 Å². The van der Waals surface area contributed by atoms with Crippen molar-refractivity contribution in [2.24, 2.45) is 11.7 Å². The Balaban J connectivity index is 2.53. The van der Waals surface area contributed by atoms with E-state index >= 15 is 0 Å². The zero-order valence-corrected chi connectivity index (χ0v) is 11.5. The largest absolute Gasteiger partial charge is 0.469 e. The van der Waals surface area contributed by atoms with E-state index in [1.807, 2.05) is 6.92 Å². The van der Waals surface area contributed by atoms with Gasteiger partial charge in [0.25, 0.3) is 0 Å². The predicted octanol–water partition coefficient (Wildman–Crippen LogP) is 2.84. The number of esters is 1. The highest BCUT2D eigenvalue weighted by atomic mass is 16.5. The van der Waals surface area contributed by atoms with Gasteiger partial charge in [-0.25, -0.2) is 0 Å². The minimum Gasteiger partial charge on any atom is -0.469 e. The third-order valence-corrected chi connectivity index (χ3v) is 3.22. The van der Waals surface area contributed by atoms with Gasteiger partial charge in [0.1, 0.15) is 0 Å². The molecular weight excluding hydrogens is 226 g/mol. The second-order valence-electron chi connectivity index (χ2n) is 4.82. The Morgan fingerprint density at radius 1 is 1.33 bits per heavy atom. The summed E-state index contributed by atoms with van der Waals surface area (Å²) in [5.41, 5.74) is 8.59. The molecule has 1 aromatic carbocycles. The SMILES string of the molecule is CCc1ccc(C(N)CC(C)CC(=O)OC)cc1. The summed E-state index contributed by atoms with van der Waals surface area (Å²) in [6.45, 7) is 4.16. The topological polar surface area (TPSA) is 52.3 Å². The molecule has 1 rings (SSSR count). The number of nitrogens with two attached hydrogens (primary N) is 1. The molecule has 0 heterocycles. The van der Waals surface area contributed by atoms with Gasteiger partial charge in [0.15, 0.2) is 0 Å². The van der Waals surface area contributed by atoms with E-state index in [4.69, 9.17) is 5.73 Å². The Morgan fingerprint density at radius 2 is 1.94 bits per heavy atom. The molecule has 0 aromatic heterocycles. The minimum absolute atomic E-state index is 0.0180. The number of methoxy groups -OCH3 is 1. The molecule has 2 atom stereocenters. The summed E-state index contributed by atoms with van der Waals surface area (Å²) in [7, 11) is 1.42. The molecule has 2 unspecified atom stereocenters. The van der Waals surface area contributed by atoms with Gasteiger partial charge in [0, 0.05) is 12.5 Å². The van der Waals surface area contributed by atoms with Crippen LogP contribution in [0.3, 0.4) is 0 Å². The van der Waals surface area contributed by atoms with Crippen molar-refractivity contribution in [1.29, 1.82) is 0 Å². The molecule has 0 spiro atoms. The lowest BCUT2D eigenvalue weighted by Crippen LogP contribution is -2.16. The maximum Gasteiger partial charge on any atom is 0.305 e. The quantitative estimate of drug-likeness (QED) is 0.789. The lowest BCUT2D eigenvalue weighted by atomic mass is 9.94. The van der Waals surface area contributed by atoms with Crippen molar-refractivity contribution in [2.75, 3.05) is 7.11 Å². The zero-order valence-electron chi connectivity index (χ0n) is 11.5. The summed E-state index contributed by atoms with van der Waals surface area (Å²) < 4.78 is 4.66. The first-order valence-corrected chi connectivity index (χ1v) is 6.48. The van der Waals surface area contributed by atoms with Crippen molar-refractivity contribution in [3.05, 3.63) is 35.4 Å². The van der Waals surface area contributed by atoms with Crippen molar-refractivity contribution >= 4 is 5.97 Å². The molecule has 0 aliphatic carbocycles. The molecule has 1 aromatic rings. The van der Waals surface area contributed by atoms with Crippen molar-refractivity contribution in [2.45, 2.75) is 39.2 Å². The molecule has 0 radical (unpaired) electrons. The highest BCUT2D eigenvalue weighted by Gasteiger charge is 2.14. The van der Waals surface area contributed by atoms with Gasteiger partial charge >= 0.3 is 5.97 Å². The summed E-state index contributed by atoms with van der Waals surface area (Å²) >= 11 is 0. The molecule has 2 N–H and O–H groups in total. The second kappa shape index (κ2) is 7.17. The highest BCUT2D eigenvalue weighted by molar-refractivity contribution is 5.69. The van der Waals surface area contributed by atoms with Crippen LogP contribution in [0.15, 0.2) is 24.3 Å². The van der Waals surface area contributed by atoms with Gasteiger partial charge in [0.2, 0.25) is 0 Å². The first-order chi connectivity index (χ1) is 8.56. The van der Waals surface area contributed by atoms with Gasteiger partial charge in [0.05, 0.1) is 7.11 Å². The van der Waals surface area contributed by atoms with Crippen LogP contribution in [-0.2, 0) is 16.0 Å². The van der Waals surface area contributed by atoms with Gasteiger partial charge in [-0.2, -0.15) is 0 Å². The molecule has 0 amide bonds. The number of carbonyl (C=O) groups is 1. The van der Waals surface area contributed by atoms with Gasteiger partial charge in [-0.1, -0.05) is 38.1 Å². The van der Waals surface area contributed by atoms with Gasteiger partial charge in [-0.15, -0.1) is 0 Å². The number of hydrogen-bond acceptors (Lipinski definition) is 3. The third-order valence-electron chi connectivity index (χ3n) is 3.22. The number of aryl methyl sites for hydroxylation is 1. The number of hydrogen-bond donors (Lipinski definition) is 1. The molecule has 3 nitrogen and oxygen atoms in total. The Hall–Kier alpha value is -1.35. The fourth-order valence-electron chi connectivity index (χ4n) is 2.02. The van der Waals surface area contributed by atoms with Crippen LogP contribution in [0.2, 0.25) is 0 Å². The first-order valence-electron chi connectivity index (χ1n) is 6.48. The van der Waals surface area contributed by atoms with Crippen molar-refractivity contribution in [3.63, 3.8) is 0 Å². The molecule has 0 fully saturated rings. The van der Waals surface area contributed by atoms with E-state index in [0.717, 1.165) is 18.4 Å². The van der Waals surface area contributed by atoms with Crippen LogP contribution in [0.1, 0.15) is 43.9 Å². The maximum absolute atomic E-state index is 11.2. The number of carbonyl (C=O) groups excluding carboxylic acids is 1. The van der Waals surface area contributed by atoms with Crippen LogP contribution in [-0.4, -0.2) is 13.1 Å². The van der Waals surface area contributed by atoms with Gasteiger partial charge < -0.3 is 10.5 Å². The Bertz CT molecular complexity index is 373. The lowest BCUT2D eigenvalue weighted by Gasteiger charge is -2.17. The van der Waals surface area contributed by atoms with Crippen molar-refractivity contribution in [1.82, 2.24) is 0 Å². The maximum atomic E-state index is 11.2. The van der Waals surface area contributed by atoms with Crippen molar-refractivity contribution < 1.29 is 9.53 Å². The van der Waals surface area contributed by atoms with Crippen LogP contribution in [0.25, 0.3) is 0 Å². The van der Waals surface area contributed by atoms with E-state index in [-0.39, 0.29) is 17.9 Å². The molecule has 0 saturated heterocycles. The standard InChI is InChI=1S/C15H23NO2/c1-4-12-5-7-13(8-6-12)14(16)9-11(2)10-15(17)18-3/h5-8,11,14H,4,9-10,16H2,1-3H3. The van der Waals surface area contributed by atoms with Crippen LogP contribution in [0.5, 0.6) is 0 Å². The lowest BCUT2D eigenvalue weighted by molar-refractivity contribution is -0.141. The number of benzene rings is 1. The summed E-state index contributed by atoms with van der Waals surface area (Å²) in [4.78, 5) is 11.2. The van der Waals surface area contributed by atoms with Crippen LogP contribution < -0.4 is 5.73 Å². The summed E-state index contributed by atoms with van der Waals surface area (Å²) in [6.07, 6.45) is 2.26. The van der Waals surface area contributed by atoms with E-state index in [0.29, 0.717) is 6.42 Å². The molecule has 100 valence electrons. The first kappa shape index (κ1) is 14.7.